The normalized spacial score (nSPS) is 13.3. The van der Waals surface area contributed by atoms with Crippen LogP contribution in [0.5, 0.6) is 23.0 Å². The molecule has 7 N–H and O–H groups in total. The summed E-state index contributed by atoms with van der Waals surface area (Å²) in [5, 5.41) is 40.5. The number of phenols is 2. The van der Waals surface area contributed by atoms with Crippen molar-refractivity contribution in [2.45, 2.75) is 14.7 Å². The maximum atomic E-state index is 14.5. The van der Waals surface area contributed by atoms with Crippen LogP contribution in [0.4, 0.5) is 44.7 Å². The largest absolute Gasteiger partial charge is 1.00 e. The van der Waals surface area contributed by atoms with E-state index >= 15 is 0 Å². The first-order valence-electron chi connectivity index (χ1n) is 17.3. The number of ether oxygens (including phenoxy) is 2. The molecule has 5 aromatic rings. The zero-order valence-corrected chi connectivity index (χ0v) is 40.2. The van der Waals surface area contributed by atoms with E-state index < -0.39 is 142 Å². The Kier molecular flexibility index (Phi) is 17.3. The molecule has 0 saturated heterocycles. The molecule has 0 unspecified atom stereocenters. The minimum atomic E-state index is -5.48. The molecule has 2 heterocycles. The first-order valence-corrected chi connectivity index (χ1v) is 24.7. The van der Waals surface area contributed by atoms with E-state index in [0.29, 0.717) is 12.1 Å². The molecule has 1 aromatic heterocycles. The summed E-state index contributed by atoms with van der Waals surface area (Å²) in [6, 6.07) is 7.31. The van der Waals surface area contributed by atoms with Gasteiger partial charge in [-0.05, 0) is 30.3 Å². The van der Waals surface area contributed by atoms with Gasteiger partial charge in [0, 0.05) is 52.6 Å². The van der Waals surface area contributed by atoms with Gasteiger partial charge in [-0.2, -0.15) is 44.6 Å². The molecule has 0 spiro atoms. The van der Waals surface area contributed by atoms with Crippen LogP contribution in [-0.4, -0.2) is 123 Å². The number of phenolic OH excluding ortho intramolecular Hbond substituents is 2. The standard InChI is InChI=1S/C31H28FN9O19S5.Cu.Na/c32-29-35-30(33-5-9-61(44,45)10-8-60-65(55,56)57)37-31(36-29)34-19-4-2-16-17(28(19)64(52,53)54)12-25(63(49,50)51)26(27(16)43)41-40-21-14-24-23(58-6-7-59-24)13-20(21)39-38-18-3-1-15(11-22(18)42)62(46,47)48;;/h1-4,11-14,42-43H,5-10H2,(H,46,47,48)(H,49,50,51)(H,52,53,54)(H,55,56,57)(H2,33,34,35,36,37);;/q;;+1/p-1. The molecule has 0 saturated carbocycles. The van der Waals surface area contributed by atoms with Crippen molar-refractivity contribution in [3.63, 3.8) is 0 Å². The Balaban J connectivity index is 0.00000490. The zero-order valence-electron chi connectivity index (χ0n) is 33.2. The van der Waals surface area contributed by atoms with Crippen molar-refractivity contribution >= 4 is 102 Å². The maximum Gasteiger partial charge on any atom is 1.00 e. The first-order chi connectivity index (χ1) is 30.2. The number of fused-ring (bicyclic) bond motifs is 2. The molecule has 1 aliphatic heterocycles. The zero-order chi connectivity index (χ0) is 47.7. The number of nitrogens with zero attached hydrogens (tertiary/aromatic N) is 7. The van der Waals surface area contributed by atoms with Crippen molar-refractivity contribution < 1.29 is 135 Å². The van der Waals surface area contributed by atoms with Crippen molar-refractivity contribution in [2.24, 2.45) is 20.5 Å². The third-order valence-corrected chi connectivity index (χ3v) is 13.0. The molecule has 0 aliphatic carbocycles. The van der Waals surface area contributed by atoms with E-state index in [1.165, 1.54) is 12.1 Å². The molecule has 0 fully saturated rings. The summed E-state index contributed by atoms with van der Waals surface area (Å²) in [5.41, 5.74) is -2.53. The molecule has 6 rings (SSSR count). The summed E-state index contributed by atoms with van der Waals surface area (Å²) in [4.78, 5) is 7.31. The number of aromatic hydroxyl groups is 2. The molecule has 0 atom stereocenters. The fourth-order valence-electron chi connectivity index (χ4n) is 5.54. The van der Waals surface area contributed by atoms with Crippen LogP contribution in [0.3, 0.4) is 0 Å². The van der Waals surface area contributed by atoms with Gasteiger partial charge in [0.2, 0.25) is 22.3 Å². The van der Waals surface area contributed by atoms with Gasteiger partial charge in [-0.3, -0.25) is 17.8 Å². The Hall–Kier alpha value is -4.85. The fraction of sp³-hybridized carbons (Fsp3) is 0.194. The van der Waals surface area contributed by atoms with Crippen LogP contribution in [-0.2, 0) is 71.8 Å². The van der Waals surface area contributed by atoms with Crippen molar-refractivity contribution in [3.8, 4) is 23.0 Å². The van der Waals surface area contributed by atoms with Crippen LogP contribution in [0.25, 0.3) is 10.8 Å². The van der Waals surface area contributed by atoms with E-state index in [2.05, 4.69) is 50.2 Å². The average molecular weight is 1100 g/mol. The average Bonchev–Trinajstić information content (AvgIpc) is 3.17. The summed E-state index contributed by atoms with van der Waals surface area (Å²) >= 11 is 0. The number of sulfone groups is 1. The monoisotopic (exact) mass is 1090 g/mol. The smallest absolute Gasteiger partial charge is 0.726 e. The quantitative estimate of drug-likeness (QED) is 0.0278. The van der Waals surface area contributed by atoms with Crippen LogP contribution < -0.4 is 49.7 Å². The molecule has 36 heteroatoms. The molecular weight excluding hydrogens is 1070 g/mol. The van der Waals surface area contributed by atoms with Crippen LogP contribution in [0.15, 0.2) is 83.7 Å². The second kappa shape index (κ2) is 21.2. The topological polar surface area (TPSA) is 435 Å². The summed E-state index contributed by atoms with van der Waals surface area (Å²) < 4.78 is 189. The molecule has 0 bridgehead atoms. The van der Waals surface area contributed by atoms with E-state index in [4.69, 9.17) is 9.47 Å². The van der Waals surface area contributed by atoms with Gasteiger partial charge in [-0.15, -0.1) is 20.5 Å². The number of aromatic nitrogens is 3. The van der Waals surface area contributed by atoms with Gasteiger partial charge in [0.25, 0.3) is 30.4 Å². The third kappa shape index (κ3) is 14.1. The van der Waals surface area contributed by atoms with Crippen LogP contribution in [0.1, 0.15) is 0 Å². The van der Waals surface area contributed by atoms with E-state index in [9.17, 15) is 74.9 Å². The third-order valence-electron chi connectivity index (χ3n) is 8.30. The fourth-order valence-corrected chi connectivity index (χ4v) is 8.88. The number of anilines is 3. The molecule has 28 nitrogen and oxygen atoms in total. The Morgan fingerprint density at radius 2 is 1.31 bits per heavy atom. The number of halogens is 1. The summed E-state index contributed by atoms with van der Waals surface area (Å²) in [5.74, 6) is -4.77. The van der Waals surface area contributed by atoms with Crippen LogP contribution in [0.2, 0.25) is 0 Å². The minimum Gasteiger partial charge on any atom is -0.726 e. The van der Waals surface area contributed by atoms with Gasteiger partial charge in [0.05, 0.1) is 28.7 Å². The number of hydrogen-bond donors (Lipinski definition) is 7. The molecule has 1 aliphatic rings. The van der Waals surface area contributed by atoms with Gasteiger partial charge >= 0.3 is 35.6 Å². The minimum absolute atomic E-state index is 0. The number of hydrogen-bond acceptors (Lipinski definition) is 25. The summed E-state index contributed by atoms with van der Waals surface area (Å²) in [6.07, 6.45) is -1.52. The molecule has 4 aromatic carbocycles. The Labute approximate surface area is 410 Å². The van der Waals surface area contributed by atoms with Crippen molar-refractivity contribution in [3.05, 3.63) is 54.6 Å². The summed E-state index contributed by atoms with van der Waals surface area (Å²) in [7, 11) is -24.9. The van der Waals surface area contributed by atoms with Gasteiger partial charge < -0.3 is 34.9 Å². The number of azo groups is 2. The number of nitrogens with one attached hydrogen (secondary N) is 2. The molecule has 1 radical (unpaired) electrons. The predicted molar refractivity (Wildman–Crippen MR) is 215 cm³/mol. The van der Waals surface area contributed by atoms with Crippen molar-refractivity contribution in [1.82, 2.24) is 15.0 Å². The first kappa shape index (κ1) is 54.8. The van der Waals surface area contributed by atoms with Crippen LogP contribution >= 0.6 is 0 Å². The Bertz CT molecular complexity index is 3390. The van der Waals surface area contributed by atoms with E-state index in [1.807, 2.05) is 0 Å². The van der Waals surface area contributed by atoms with E-state index in [0.717, 1.165) is 24.3 Å². The summed E-state index contributed by atoms with van der Waals surface area (Å²) in [6.45, 7) is -1.35. The van der Waals surface area contributed by atoms with Crippen molar-refractivity contribution in [2.75, 3.05) is 48.5 Å². The Morgan fingerprint density at radius 3 is 1.88 bits per heavy atom. The van der Waals surface area contributed by atoms with Gasteiger partial charge in [0.1, 0.15) is 51.5 Å². The van der Waals surface area contributed by atoms with Gasteiger partial charge in [-0.25, -0.2) is 16.8 Å². The second-order valence-electron chi connectivity index (χ2n) is 12.8. The molecule has 67 heavy (non-hydrogen) atoms. The Morgan fingerprint density at radius 1 is 0.716 bits per heavy atom. The van der Waals surface area contributed by atoms with E-state index in [-0.39, 0.29) is 88.4 Å². The van der Waals surface area contributed by atoms with Gasteiger partial charge in [0.15, 0.2) is 27.1 Å². The predicted octanol–water partition coefficient (Wildman–Crippen LogP) is -0.0342. The maximum absolute atomic E-state index is 14.5. The number of rotatable bonds is 17. The molecular formula is C31H27CuFN9NaO19S5. The molecule has 359 valence electrons. The molecule has 0 amide bonds. The second-order valence-corrected chi connectivity index (χ2v) is 20.3. The van der Waals surface area contributed by atoms with Crippen LogP contribution in [0, 0.1) is 6.08 Å². The van der Waals surface area contributed by atoms with Crippen molar-refractivity contribution in [1.29, 1.82) is 0 Å². The van der Waals surface area contributed by atoms with Gasteiger partial charge in [-0.1, -0.05) is 0 Å². The van der Waals surface area contributed by atoms with E-state index in [1.54, 1.807) is 0 Å². The SMILES string of the molecule is O=S(=O)(CCNc1nc(F)nc(Nc2ccc3c(O)c(N=Nc4cc5c(cc4N=Nc4ccc(S(=O)(=O)O)cc4O)OCCO5)c(S(=O)(=O)O)cc3c2S(=O)(=O)O)n1)CCOS(=O)(=O)[O-].[Cu].[Na+]. The number of benzene rings is 4.